The Kier molecular flexibility index (Phi) is 6.33. The van der Waals surface area contributed by atoms with Crippen LogP contribution >= 0.6 is 0 Å². The highest BCUT2D eigenvalue weighted by molar-refractivity contribution is 4.72. The van der Waals surface area contributed by atoms with Gasteiger partial charge in [0, 0.05) is 0 Å². The Morgan fingerprint density at radius 2 is 1.57 bits per heavy atom. The highest BCUT2D eigenvalue weighted by atomic mass is 16.3. The van der Waals surface area contributed by atoms with E-state index in [1.807, 2.05) is 0 Å². The molecule has 3 heteroatoms. The number of aliphatic hydroxyl groups excluding tert-OH is 2. The first-order valence-corrected chi connectivity index (χ1v) is 5.45. The molecule has 14 heavy (non-hydrogen) atoms. The SMILES string of the molecule is CCCCC(O)C(O)CCC(C)(C)O. The molecule has 0 spiro atoms. The summed E-state index contributed by atoms with van der Waals surface area (Å²) >= 11 is 0. The van der Waals surface area contributed by atoms with Crippen LogP contribution in [0.15, 0.2) is 0 Å². The molecule has 0 fully saturated rings. The van der Waals surface area contributed by atoms with E-state index >= 15 is 0 Å². The van der Waals surface area contributed by atoms with Gasteiger partial charge < -0.3 is 15.3 Å². The highest BCUT2D eigenvalue weighted by Gasteiger charge is 2.20. The van der Waals surface area contributed by atoms with Crippen molar-refractivity contribution >= 4 is 0 Å². The molecule has 0 aliphatic heterocycles. The summed E-state index contributed by atoms with van der Waals surface area (Å²) in [5, 5.41) is 28.5. The van der Waals surface area contributed by atoms with E-state index in [0.717, 1.165) is 12.8 Å². The van der Waals surface area contributed by atoms with Crippen LogP contribution in [-0.4, -0.2) is 33.1 Å². The predicted octanol–water partition coefficient (Wildman–Crippen LogP) is 1.45. The van der Waals surface area contributed by atoms with Gasteiger partial charge in [-0.25, -0.2) is 0 Å². The van der Waals surface area contributed by atoms with E-state index < -0.39 is 17.8 Å². The van der Waals surface area contributed by atoms with Crippen LogP contribution in [0.5, 0.6) is 0 Å². The van der Waals surface area contributed by atoms with Crippen molar-refractivity contribution in [1.29, 1.82) is 0 Å². The molecule has 3 N–H and O–H groups in total. The minimum absolute atomic E-state index is 0.453. The van der Waals surface area contributed by atoms with Gasteiger partial charge in [-0.05, 0) is 33.1 Å². The minimum Gasteiger partial charge on any atom is -0.390 e. The molecule has 0 heterocycles. The number of hydrogen-bond acceptors (Lipinski definition) is 3. The molecule has 0 aromatic carbocycles. The largest absolute Gasteiger partial charge is 0.390 e. The molecule has 0 aromatic heterocycles. The lowest BCUT2D eigenvalue weighted by Gasteiger charge is -2.22. The van der Waals surface area contributed by atoms with Crippen LogP contribution in [0.1, 0.15) is 52.9 Å². The van der Waals surface area contributed by atoms with Gasteiger partial charge in [0.25, 0.3) is 0 Å². The zero-order chi connectivity index (χ0) is 11.2. The monoisotopic (exact) mass is 204 g/mol. The Balaban J connectivity index is 3.67. The average Bonchev–Trinajstić information content (AvgIpc) is 2.09. The number of unbranched alkanes of at least 4 members (excludes halogenated alkanes) is 1. The van der Waals surface area contributed by atoms with Crippen molar-refractivity contribution in [2.75, 3.05) is 0 Å². The van der Waals surface area contributed by atoms with Gasteiger partial charge in [0.1, 0.15) is 0 Å². The summed E-state index contributed by atoms with van der Waals surface area (Å²) in [4.78, 5) is 0. The maximum Gasteiger partial charge on any atom is 0.0800 e. The number of aliphatic hydroxyl groups is 3. The van der Waals surface area contributed by atoms with Crippen molar-refractivity contribution in [3.05, 3.63) is 0 Å². The normalized spacial score (nSPS) is 16.7. The van der Waals surface area contributed by atoms with Gasteiger partial charge in [0.2, 0.25) is 0 Å². The van der Waals surface area contributed by atoms with Gasteiger partial charge in [-0.15, -0.1) is 0 Å². The van der Waals surface area contributed by atoms with Crippen LogP contribution < -0.4 is 0 Å². The van der Waals surface area contributed by atoms with Crippen LogP contribution in [0.25, 0.3) is 0 Å². The van der Waals surface area contributed by atoms with Crippen LogP contribution in [0, 0.1) is 0 Å². The molecule has 0 saturated heterocycles. The second-order valence-electron chi connectivity index (χ2n) is 4.63. The fourth-order valence-electron chi connectivity index (χ4n) is 1.30. The smallest absolute Gasteiger partial charge is 0.0800 e. The Morgan fingerprint density at radius 1 is 1.07 bits per heavy atom. The Morgan fingerprint density at radius 3 is 2.00 bits per heavy atom. The van der Waals surface area contributed by atoms with E-state index in [1.165, 1.54) is 0 Å². The Bertz CT molecular complexity index is 140. The average molecular weight is 204 g/mol. The zero-order valence-corrected chi connectivity index (χ0v) is 9.53. The van der Waals surface area contributed by atoms with Gasteiger partial charge in [0.05, 0.1) is 17.8 Å². The van der Waals surface area contributed by atoms with Crippen molar-refractivity contribution < 1.29 is 15.3 Å². The molecule has 0 aromatic rings. The molecule has 0 amide bonds. The van der Waals surface area contributed by atoms with E-state index in [-0.39, 0.29) is 0 Å². The standard InChI is InChI=1S/C11H24O3/c1-4-5-6-9(12)10(13)7-8-11(2,3)14/h9-10,12-14H,4-8H2,1-3H3. The van der Waals surface area contributed by atoms with Gasteiger partial charge in [-0.3, -0.25) is 0 Å². The molecule has 0 radical (unpaired) electrons. The highest BCUT2D eigenvalue weighted by Crippen LogP contribution is 2.15. The fourth-order valence-corrected chi connectivity index (χ4v) is 1.30. The molecule has 0 aliphatic rings. The van der Waals surface area contributed by atoms with E-state index in [2.05, 4.69) is 6.92 Å². The summed E-state index contributed by atoms with van der Waals surface area (Å²) in [6.07, 6.45) is 2.22. The number of hydrogen-bond donors (Lipinski definition) is 3. The lowest BCUT2D eigenvalue weighted by Crippen LogP contribution is -2.29. The summed E-state index contributed by atoms with van der Waals surface area (Å²) < 4.78 is 0. The van der Waals surface area contributed by atoms with Gasteiger partial charge >= 0.3 is 0 Å². The van der Waals surface area contributed by atoms with E-state index in [4.69, 9.17) is 0 Å². The van der Waals surface area contributed by atoms with Crippen molar-refractivity contribution in [2.45, 2.75) is 70.7 Å². The summed E-state index contributed by atoms with van der Waals surface area (Å²) in [6.45, 7) is 5.46. The fraction of sp³-hybridized carbons (Fsp3) is 1.00. The first-order chi connectivity index (χ1) is 6.37. The summed E-state index contributed by atoms with van der Waals surface area (Å²) in [6, 6.07) is 0. The Hall–Kier alpha value is -0.120. The Labute approximate surface area is 86.8 Å². The quantitative estimate of drug-likeness (QED) is 0.588. The van der Waals surface area contributed by atoms with Crippen molar-refractivity contribution in [1.82, 2.24) is 0 Å². The molecule has 86 valence electrons. The zero-order valence-electron chi connectivity index (χ0n) is 9.53. The van der Waals surface area contributed by atoms with Gasteiger partial charge in [0.15, 0.2) is 0 Å². The number of rotatable bonds is 7. The van der Waals surface area contributed by atoms with Crippen LogP contribution in [0.4, 0.5) is 0 Å². The molecule has 3 nitrogen and oxygen atoms in total. The van der Waals surface area contributed by atoms with Crippen LogP contribution in [-0.2, 0) is 0 Å². The van der Waals surface area contributed by atoms with E-state index in [1.54, 1.807) is 13.8 Å². The second-order valence-corrected chi connectivity index (χ2v) is 4.63. The molecule has 0 aliphatic carbocycles. The first-order valence-electron chi connectivity index (χ1n) is 5.45. The molecule has 2 unspecified atom stereocenters. The first kappa shape index (κ1) is 13.9. The van der Waals surface area contributed by atoms with E-state index in [0.29, 0.717) is 19.3 Å². The molecule has 0 saturated carbocycles. The third kappa shape index (κ3) is 7.30. The second kappa shape index (κ2) is 6.38. The van der Waals surface area contributed by atoms with Crippen LogP contribution in [0.3, 0.4) is 0 Å². The summed E-state index contributed by atoms with van der Waals surface area (Å²) in [5.74, 6) is 0. The lowest BCUT2D eigenvalue weighted by atomic mass is 9.96. The maximum atomic E-state index is 9.55. The molecule has 2 atom stereocenters. The molecule has 0 rings (SSSR count). The molecular formula is C11H24O3. The van der Waals surface area contributed by atoms with Crippen molar-refractivity contribution in [3.63, 3.8) is 0 Å². The summed E-state index contributed by atoms with van der Waals surface area (Å²) in [7, 11) is 0. The predicted molar refractivity (Wildman–Crippen MR) is 57.1 cm³/mol. The third-order valence-electron chi connectivity index (χ3n) is 2.35. The van der Waals surface area contributed by atoms with Crippen molar-refractivity contribution in [3.8, 4) is 0 Å². The third-order valence-corrected chi connectivity index (χ3v) is 2.35. The maximum absolute atomic E-state index is 9.55. The van der Waals surface area contributed by atoms with E-state index in [9.17, 15) is 15.3 Å². The lowest BCUT2D eigenvalue weighted by molar-refractivity contribution is -0.0114. The van der Waals surface area contributed by atoms with Crippen LogP contribution in [0.2, 0.25) is 0 Å². The molecular weight excluding hydrogens is 180 g/mol. The minimum atomic E-state index is -0.758. The van der Waals surface area contributed by atoms with Gasteiger partial charge in [-0.1, -0.05) is 19.8 Å². The van der Waals surface area contributed by atoms with Crippen molar-refractivity contribution in [2.24, 2.45) is 0 Å². The topological polar surface area (TPSA) is 60.7 Å². The van der Waals surface area contributed by atoms with Gasteiger partial charge in [-0.2, -0.15) is 0 Å². The molecule has 0 bridgehead atoms. The summed E-state index contributed by atoms with van der Waals surface area (Å²) in [5.41, 5.74) is -0.758.